The highest BCUT2D eigenvalue weighted by molar-refractivity contribution is 5.88. The zero-order chi connectivity index (χ0) is 24.8. The predicted molar refractivity (Wildman–Crippen MR) is 137 cm³/mol. The number of ether oxygens (including phenoxy) is 3. The summed E-state index contributed by atoms with van der Waals surface area (Å²) in [6, 6.07) is 10.4. The number of methoxy groups -OCH3 is 1. The first-order valence-corrected chi connectivity index (χ1v) is 11.8. The molecular formula is C29H40O4. The highest BCUT2D eigenvalue weighted by Crippen LogP contribution is 2.45. The van der Waals surface area contributed by atoms with Gasteiger partial charge in [-0.05, 0) is 59.6 Å². The van der Waals surface area contributed by atoms with Crippen molar-refractivity contribution in [2.75, 3.05) is 20.3 Å². The standard InChI is InChI=1S/C29H40O4/c1-10-16-33-27-23(18-21(28(3,4)5)19-24(27)29(6,7)8)22-17-20(12-14-25(22)31-9)13-15-26(30)32-11-2/h12-15,17-19H,10-11,16H2,1-9H3/b15-13+. The molecular weight excluding hydrogens is 412 g/mol. The molecule has 2 rings (SSSR count). The monoisotopic (exact) mass is 452 g/mol. The molecule has 0 radical (unpaired) electrons. The van der Waals surface area contributed by atoms with E-state index < -0.39 is 0 Å². The lowest BCUT2D eigenvalue weighted by Gasteiger charge is -2.30. The normalized spacial score (nSPS) is 12.2. The summed E-state index contributed by atoms with van der Waals surface area (Å²) >= 11 is 0. The van der Waals surface area contributed by atoms with Gasteiger partial charge in [0, 0.05) is 22.8 Å². The fourth-order valence-electron chi connectivity index (χ4n) is 3.57. The number of carbonyl (C=O) groups is 1. The summed E-state index contributed by atoms with van der Waals surface area (Å²) in [7, 11) is 1.68. The van der Waals surface area contributed by atoms with Crippen molar-refractivity contribution in [3.63, 3.8) is 0 Å². The van der Waals surface area contributed by atoms with E-state index in [1.165, 1.54) is 17.2 Å². The molecule has 33 heavy (non-hydrogen) atoms. The number of hydrogen-bond donors (Lipinski definition) is 0. The van der Waals surface area contributed by atoms with E-state index in [0.29, 0.717) is 13.2 Å². The van der Waals surface area contributed by atoms with Crippen molar-refractivity contribution in [2.24, 2.45) is 0 Å². The number of hydrogen-bond acceptors (Lipinski definition) is 4. The van der Waals surface area contributed by atoms with E-state index >= 15 is 0 Å². The Morgan fingerprint density at radius 1 is 0.939 bits per heavy atom. The molecule has 0 aliphatic heterocycles. The second-order valence-electron chi connectivity index (χ2n) is 10.3. The van der Waals surface area contributed by atoms with Gasteiger partial charge < -0.3 is 14.2 Å². The van der Waals surface area contributed by atoms with Gasteiger partial charge in [0.05, 0.1) is 20.3 Å². The number of carbonyl (C=O) groups excluding carboxylic acids is 1. The third kappa shape index (κ3) is 6.86. The maximum atomic E-state index is 11.8. The van der Waals surface area contributed by atoms with Crippen LogP contribution in [0.1, 0.15) is 78.5 Å². The maximum Gasteiger partial charge on any atom is 0.330 e. The third-order valence-electron chi connectivity index (χ3n) is 5.43. The average Bonchev–Trinajstić information content (AvgIpc) is 2.74. The summed E-state index contributed by atoms with van der Waals surface area (Å²) in [6.07, 6.45) is 4.14. The molecule has 180 valence electrons. The molecule has 0 aliphatic carbocycles. The fourth-order valence-corrected chi connectivity index (χ4v) is 3.57. The number of esters is 1. The molecule has 4 heteroatoms. The van der Waals surface area contributed by atoms with Crippen LogP contribution in [0.3, 0.4) is 0 Å². The van der Waals surface area contributed by atoms with Gasteiger partial charge in [-0.3, -0.25) is 0 Å². The van der Waals surface area contributed by atoms with Crippen molar-refractivity contribution in [2.45, 2.75) is 72.6 Å². The molecule has 0 saturated carbocycles. The Labute approximate surface area is 200 Å². The minimum absolute atomic E-state index is 0.0350. The Hall–Kier alpha value is -2.75. The van der Waals surface area contributed by atoms with Crippen LogP contribution in [0.25, 0.3) is 17.2 Å². The SMILES string of the molecule is CCCOc1c(-c2cc(/C=C/C(=O)OCC)ccc2OC)cc(C(C)(C)C)cc1C(C)(C)C. The van der Waals surface area contributed by atoms with Gasteiger partial charge in [-0.15, -0.1) is 0 Å². The van der Waals surface area contributed by atoms with Gasteiger partial charge in [-0.1, -0.05) is 60.6 Å². The van der Waals surface area contributed by atoms with Crippen LogP contribution >= 0.6 is 0 Å². The zero-order valence-electron chi connectivity index (χ0n) is 21.8. The molecule has 2 aromatic carbocycles. The van der Waals surface area contributed by atoms with Crippen molar-refractivity contribution >= 4 is 12.0 Å². The third-order valence-corrected chi connectivity index (χ3v) is 5.43. The van der Waals surface area contributed by atoms with E-state index in [1.807, 2.05) is 18.2 Å². The first kappa shape index (κ1) is 26.5. The zero-order valence-corrected chi connectivity index (χ0v) is 21.8. The van der Waals surface area contributed by atoms with Crippen molar-refractivity contribution < 1.29 is 19.0 Å². The van der Waals surface area contributed by atoms with Gasteiger partial charge in [0.25, 0.3) is 0 Å². The van der Waals surface area contributed by atoms with E-state index in [0.717, 1.165) is 34.6 Å². The van der Waals surface area contributed by atoms with Crippen LogP contribution in [-0.2, 0) is 20.4 Å². The smallest absolute Gasteiger partial charge is 0.330 e. The lowest BCUT2D eigenvalue weighted by molar-refractivity contribution is -0.137. The van der Waals surface area contributed by atoms with Crippen LogP contribution < -0.4 is 9.47 Å². The first-order valence-electron chi connectivity index (χ1n) is 11.8. The quantitative estimate of drug-likeness (QED) is 0.311. The van der Waals surface area contributed by atoms with Crippen LogP contribution in [0.5, 0.6) is 11.5 Å². The topological polar surface area (TPSA) is 44.8 Å². The molecule has 0 spiro atoms. The van der Waals surface area contributed by atoms with Crippen LogP contribution in [-0.4, -0.2) is 26.3 Å². The summed E-state index contributed by atoms with van der Waals surface area (Å²) < 4.78 is 17.2. The molecule has 4 nitrogen and oxygen atoms in total. The number of rotatable bonds is 8. The van der Waals surface area contributed by atoms with Crippen molar-refractivity contribution in [3.05, 3.63) is 53.1 Å². The van der Waals surface area contributed by atoms with E-state index in [4.69, 9.17) is 14.2 Å². The largest absolute Gasteiger partial charge is 0.496 e. The summed E-state index contributed by atoms with van der Waals surface area (Å²) in [6.45, 7) is 18.2. The lowest BCUT2D eigenvalue weighted by Crippen LogP contribution is -2.19. The molecule has 0 aliphatic rings. The highest BCUT2D eigenvalue weighted by Gasteiger charge is 2.27. The molecule has 0 heterocycles. The fraction of sp³-hybridized carbons (Fsp3) is 0.483. The van der Waals surface area contributed by atoms with E-state index in [1.54, 1.807) is 20.1 Å². The minimum atomic E-state index is -0.355. The van der Waals surface area contributed by atoms with Gasteiger partial charge in [0.1, 0.15) is 11.5 Å². The first-order chi connectivity index (χ1) is 15.4. The Morgan fingerprint density at radius 2 is 1.64 bits per heavy atom. The molecule has 0 aromatic heterocycles. The number of benzene rings is 2. The van der Waals surface area contributed by atoms with E-state index in [-0.39, 0.29) is 16.8 Å². The van der Waals surface area contributed by atoms with Gasteiger partial charge in [-0.25, -0.2) is 4.79 Å². The average molecular weight is 453 g/mol. The summed E-state index contributed by atoms with van der Waals surface area (Å²) in [5.74, 6) is 1.30. The molecule has 0 bridgehead atoms. The summed E-state index contributed by atoms with van der Waals surface area (Å²) in [5.41, 5.74) is 5.10. The summed E-state index contributed by atoms with van der Waals surface area (Å²) in [5, 5.41) is 0. The summed E-state index contributed by atoms with van der Waals surface area (Å²) in [4.78, 5) is 11.8. The molecule has 0 fully saturated rings. The Kier molecular flexibility index (Phi) is 8.76. The molecule has 0 unspecified atom stereocenters. The van der Waals surface area contributed by atoms with Crippen molar-refractivity contribution in [3.8, 4) is 22.6 Å². The van der Waals surface area contributed by atoms with Crippen LogP contribution in [0.4, 0.5) is 0 Å². The van der Waals surface area contributed by atoms with E-state index in [2.05, 4.69) is 60.6 Å². The molecule has 0 saturated heterocycles. The highest BCUT2D eigenvalue weighted by atomic mass is 16.5. The molecule has 2 aromatic rings. The molecule has 0 N–H and O–H groups in total. The van der Waals surface area contributed by atoms with Gasteiger partial charge >= 0.3 is 5.97 Å². The maximum absolute atomic E-state index is 11.8. The Morgan fingerprint density at radius 3 is 2.18 bits per heavy atom. The van der Waals surface area contributed by atoms with Gasteiger partial charge in [-0.2, -0.15) is 0 Å². The van der Waals surface area contributed by atoms with Crippen molar-refractivity contribution in [1.29, 1.82) is 0 Å². The van der Waals surface area contributed by atoms with Gasteiger partial charge in [0.2, 0.25) is 0 Å². The second kappa shape index (κ2) is 10.9. The minimum Gasteiger partial charge on any atom is -0.496 e. The van der Waals surface area contributed by atoms with Gasteiger partial charge in [0.15, 0.2) is 0 Å². The molecule has 0 atom stereocenters. The van der Waals surface area contributed by atoms with Crippen LogP contribution in [0.2, 0.25) is 0 Å². The van der Waals surface area contributed by atoms with Crippen molar-refractivity contribution in [1.82, 2.24) is 0 Å². The molecule has 0 amide bonds. The Bertz CT molecular complexity index is 988. The second-order valence-corrected chi connectivity index (χ2v) is 10.3. The van der Waals surface area contributed by atoms with Crippen LogP contribution in [0.15, 0.2) is 36.4 Å². The van der Waals surface area contributed by atoms with E-state index in [9.17, 15) is 4.79 Å². The lowest BCUT2D eigenvalue weighted by atomic mass is 9.78. The Balaban J connectivity index is 2.82. The predicted octanol–water partition coefficient (Wildman–Crippen LogP) is 7.32. The van der Waals surface area contributed by atoms with Crippen LogP contribution in [0, 0.1) is 0 Å².